The first-order chi connectivity index (χ1) is 14.2. The summed E-state index contributed by atoms with van der Waals surface area (Å²) in [5.74, 6) is 0. The molecule has 0 aliphatic carbocycles. The van der Waals surface area contributed by atoms with Crippen LogP contribution in [0.15, 0.2) is 47.1 Å². The van der Waals surface area contributed by atoms with Crippen LogP contribution in [0.25, 0.3) is 0 Å². The second-order valence-corrected chi connectivity index (χ2v) is 9.35. The minimum absolute atomic E-state index is 0.249. The van der Waals surface area contributed by atoms with Crippen molar-refractivity contribution in [3.05, 3.63) is 63.3 Å². The minimum atomic E-state index is -0.594. The molecule has 1 aromatic heterocycles. The van der Waals surface area contributed by atoms with Gasteiger partial charge in [-0.1, -0.05) is 41.9 Å². The maximum Gasteiger partial charge on any atom is 0.410 e. The van der Waals surface area contributed by atoms with E-state index >= 15 is 0 Å². The van der Waals surface area contributed by atoms with E-state index in [2.05, 4.69) is 20.9 Å². The fourth-order valence-electron chi connectivity index (χ4n) is 3.14. The number of halogens is 2. The molecule has 2 aromatic rings. The molecule has 0 saturated carbocycles. The van der Waals surface area contributed by atoms with Gasteiger partial charge in [0.15, 0.2) is 0 Å². The molecule has 1 aliphatic rings. The predicted octanol–water partition coefficient (Wildman–Crippen LogP) is 5.39. The molecule has 1 saturated heterocycles. The molecule has 8 heteroatoms. The highest BCUT2D eigenvalue weighted by atomic mass is 79.9. The van der Waals surface area contributed by atoms with E-state index in [1.54, 1.807) is 11.0 Å². The third-order valence-corrected chi connectivity index (χ3v) is 5.10. The summed E-state index contributed by atoms with van der Waals surface area (Å²) in [5, 5.41) is 0.361. The Balaban J connectivity index is 1.71. The zero-order chi connectivity index (χ0) is 21.7. The van der Waals surface area contributed by atoms with E-state index in [-0.39, 0.29) is 18.2 Å². The molecular weight excluding hydrogens is 472 g/mol. The smallest absolute Gasteiger partial charge is 0.410 e. The molecule has 2 atom stereocenters. The van der Waals surface area contributed by atoms with Crippen molar-refractivity contribution in [3.8, 4) is 0 Å². The summed E-state index contributed by atoms with van der Waals surface area (Å²) in [6.45, 7) is 7.03. The molecule has 0 bridgehead atoms. The van der Waals surface area contributed by atoms with Crippen molar-refractivity contribution in [1.82, 2.24) is 9.88 Å². The van der Waals surface area contributed by atoms with Crippen LogP contribution in [0.5, 0.6) is 0 Å². The Morgan fingerprint density at radius 3 is 2.70 bits per heavy atom. The molecule has 1 fully saturated rings. The number of pyridine rings is 1. The highest BCUT2D eigenvalue weighted by molar-refractivity contribution is 9.10. The highest BCUT2D eigenvalue weighted by Crippen LogP contribution is 2.29. The van der Waals surface area contributed by atoms with Gasteiger partial charge in [-0.25, -0.2) is 9.78 Å². The Kier molecular flexibility index (Phi) is 7.74. The number of nitrogens with zero attached hydrogens (tertiary/aromatic N) is 2. The molecule has 0 radical (unpaired) electrons. The van der Waals surface area contributed by atoms with Crippen molar-refractivity contribution in [3.63, 3.8) is 0 Å². The molecule has 2 heterocycles. The van der Waals surface area contributed by atoms with Gasteiger partial charge in [-0.3, -0.25) is 4.90 Å². The summed E-state index contributed by atoms with van der Waals surface area (Å²) in [4.78, 5) is 18.7. The van der Waals surface area contributed by atoms with Crippen molar-refractivity contribution in [2.45, 2.75) is 45.1 Å². The largest absolute Gasteiger partial charge is 0.444 e. The monoisotopic (exact) mass is 496 g/mol. The molecule has 0 spiro atoms. The van der Waals surface area contributed by atoms with Gasteiger partial charge in [0, 0.05) is 0 Å². The predicted molar refractivity (Wildman–Crippen MR) is 118 cm³/mol. The summed E-state index contributed by atoms with van der Waals surface area (Å²) in [6.07, 6.45) is -0.719. The van der Waals surface area contributed by atoms with Crippen molar-refractivity contribution < 1.29 is 19.0 Å². The lowest BCUT2D eigenvalue weighted by molar-refractivity contribution is -0.0907. The van der Waals surface area contributed by atoms with E-state index in [1.807, 2.05) is 57.2 Å². The van der Waals surface area contributed by atoms with Crippen molar-refractivity contribution in [1.29, 1.82) is 0 Å². The summed E-state index contributed by atoms with van der Waals surface area (Å²) in [5.41, 5.74) is 1.33. The standard InChI is InChI=1S/C22H26BrClN2O4/c1-22(2,3)30-21(27)26-11-18(16-9-19(23)25-20(24)10-16)29-14-17(26)13-28-12-15-7-5-4-6-8-15/h4-10,17-18H,11-14H2,1-3H3/t17-,18-/m0/s1. The zero-order valence-corrected chi connectivity index (χ0v) is 19.6. The summed E-state index contributed by atoms with van der Waals surface area (Å²) < 4.78 is 18.2. The quantitative estimate of drug-likeness (QED) is 0.518. The van der Waals surface area contributed by atoms with E-state index in [0.29, 0.717) is 36.1 Å². The second-order valence-electron chi connectivity index (χ2n) is 8.16. The van der Waals surface area contributed by atoms with Gasteiger partial charge in [0.1, 0.15) is 21.5 Å². The number of morpholine rings is 1. The van der Waals surface area contributed by atoms with Gasteiger partial charge >= 0.3 is 6.09 Å². The van der Waals surface area contributed by atoms with E-state index in [1.165, 1.54) is 0 Å². The fraction of sp³-hybridized carbons (Fsp3) is 0.455. The molecule has 30 heavy (non-hydrogen) atoms. The Bertz CT molecular complexity index is 840. The molecule has 0 unspecified atom stereocenters. The Morgan fingerprint density at radius 1 is 1.30 bits per heavy atom. The van der Waals surface area contributed by atoms with Crippen LogP contribution >= 0.6 is 27.5 Å². The normalized spacial score (nSPS) is 19.6. The van der Waals surface area contributed by atoms with Crippen LogP contribution in [0, 0.1) is 0 Å². The van der Waals surface area contributed by atoms with Crippen LogP contribution in [0.4, 0.5) is 4.79 Å². The maximum absolute atomic E-state index is 12.9. The summed E-state index contributed by atoms with van der Waals surface area (Å²) in [6, 6.07) is 13.3. The van der Waals surface area contributed by atoms with Gasteiger partial charge in [-0.15, -0.1) is 0 Å². The summed E-state index contributed by atoms with van der Waals surface area (Å²) in [7, 11) is 0. The van der Waals surface area contributed by atoms with E-state index in [9.17, 15) is 4.79 Å². The topological polar surface area (TPSA) is 60.9 Å². The average Bonchev–Trinajstić information content (AvgIpc) is 2.67. The lowest BCUT2D eigenvalue weighted by Crippen LogP contribution is -2.53. The number of ether oxygens (including phenoxy) is 3. The van der Waals surface area contributed by atoms with Crippen LogP contribution < -0.4 is 0 Å². The van der Waals surface area contributed by atoms with Gasteiger partial charge in [0.05, 0.1) is 32.4 Å². The number of carbonyl (C=O) groups excluding carboxylic acids is 1. The van der Waals surface area contributed by atoms with Crippen LogP contribution in [-0.2, 0) is 20.8 Å². The van der Waals surface area contributed by atoms with E-state index in [4.69, 9.17) is 25.8 Å². The molecule has 1 amide bonds. The Labute approximate surface area is 190 Å². The molecular formula is C22H26BrClN2O4. The van der Waals surface area contributed by atoms with E-state index in [0.717, 1.165) is 11.1 Å². The van der Waals surface area contributed by atoms with Crippen LogP contribution in [0.2, 0.25) is 5.15 Å². The highest BCUT2D eigenvalue weighted by Gasteiger charge is 2.36. The van der Waals surface area contributed by atoms with Gasteiger partial charge in [0.2, 0.25) is 0 Å². The minimum Gasteiger partial charge on any atom is -0.444 e. The van der Waals surface area contributed by atoms with Crippen LogP contribution in [0.1, 0.15) is 38.0 Å². The van der Waals surface area contributed by atoms with Gasteiger partial charge in [-0.2, -0.15) is 0 Å². The molecule has 3 rings (SSSR count). The molecule has 0 N–H and O–H groups in total. The SMILES string of the molecule is CC(C)(C)OC(=O)N1C[C@@H](c2cc(Cl)nc(Br)c2)OC[C@@H]1COCc1ccccc1. The van der Waals surface area contributed by atoms with Crippen molar-refractivity contribution in [2.24, 2.45) is 0 Å². The first-order valence-corrected chi connectivity index (χ1v) is 10.9. The zero-order valence-electron chi connectivity index (χ0n) is 17.3. The average molecular weight is 498 g/mol. The van der Waals surface area contributed by atoms with Gasteiger partial charge < -0.3 is 14.2 Å². The Hall–Kier alpha value is -1.67. The number of rotatable bonds is 5. The summed E-state index contributed by atoms with van der Waals surface area (Å²) >= 11 is 9.44. The number of hydrogen-bond acceptors (Lipinski definition) is 5. The first-order valence-electron chi connectivity index (χ1n) is 9.77. The first kappa shape index (κ1) is 23.0. The lowest BCUT2D eigenvalue weighted by atomic mass is 10.1. The van der Waals surface area contributed by atoms with Crippen molar-refractivity contribution >= 4 is 33.6 Å². The number of amides is 1. The van der Waals surface area contributed by atoms with Crippen LogP contribution in [0.3, 0.4) is 0 Å². The number of carbonyl (C=O) groups is 1. The molecule has 1 aromatic carbocycles. The van der Waals surface area contributed by atoms with E-state index < -0.39 is 5.60 Å². The van der Waals surface area contributed by atoms with Crippen molar-refractivity contribution in [2.75, 3.05) is 19.8 Å². The van der Waals surface area contributed by atoms with Crippen LogP contribution in [-0.4, -0.2) is 47.4 Å². The Morgan fingerprint density at radius 2 is 2.03 bits per heavy atom. The molecule has 162 valence electrons. The maximum atomic E-state index is 12.9. The number of aromatic nitrogens is 1. The lowest BCUT2D eigenvalue weighted by Gasteiger charge is -2.40. The third-order valence-electron chi connectivity index (χ3n) is 4.50. The molecule has 1 aliphatic heterocycles. The second kappa shape index (κ2) is 10.1. The third kappa shape index (κ3) is 6.67. The van der Waals surface area contributed by atoms with Gasteiger partial charge in [-0.05, 0) is 60.0 Å². The number of hydrogen-bond donors (Lipinski definition) is 0. The van der Waals surface area contributed by atoms with Gasteiger partial charge in [0.25, 0.3) is 0 Å². The fourth-order valence-corrected chi connectivity index (χ4v) is 3.91. The number of benzene rings is 1. The molecule has 6 nitrogen and oxygen atoms in total.